The van der Waals surface area contributed by atoms with Gasteiger partial charge in [-0.3, -0.25) is 9.78 Å². The van der Waals surface area contributed by atoms with E-state index in [1.807, 2.05) is 19.1 Å². The van der Waals surface area contributed by atoms with Crippen LogP contribution in [0.15, 0.2) is 48.8 Å². The first-order valence-electron chi connectivity index (χ1n) is 6.81. The van der Waals surface area contributed by atoms with E-state index in [0.717, 1.165) is 5.75 Å². The zero-order valence-corrected chi connectivity index (χ0v) is 11.9. The number of hydrogen-bond donors (Lipinski definition) is 1. The monoisotopic (exact) mass is 286 g/mol. The Hall–Kier alpha value is -2.40. The van der Waals surface area contributed by atoms with Crippen molar-refractivity contribution >= 4 is 11.6 Å². The molecule has 2 rings (SSSR count). The van der Waals surface area contributed by atoms with E-state index in [1.54, 1.807) is 30.5 Å². The van der Waals surface area contributed by atoms with Crippen LogP contribution in [0.3, 0.4) is 0 Å². The molecule has 0 saturated carbocycles. The number of aromatic nitrogens is 1. The smallest absolute Gasteiger partial charge is 0.257 e. The summed E-state index contributed by atoms with van der Waals surface area (Å²) in [5.41, 5.74) is 1.23. The molecule has 0 aliphatic heterocycles. The summed E-state index contributed by atoms with van der Waals surface area (Å²) < 4.78 is 10.7. The summed E-state index contributed by atoms with van der Waals surface area (Å²) in [5, 5.41) is 2.80. The zero-order chi connectivity index (χ0) is 14.9. The number of carbonyl (C=O) groups excluding carboxylic acids is 1. The third kappa shape index (κ3) is 4.89. The average Bonchev–Trinajstić information content (AvgIpc) is 2.54. The first kappa shape index (κ1) is 15.0. The van der Waals surface area contributed by atoms with Crippen LogP contribution in [0.2, 0.25) is 0 Å². The van der Waals surface area contributed by atoms with Gasteiger partial charge in [0.25, 0.3) is 5.91 Å². The second-order valence-electron chi connectivity index (χ2n) is 4.27. The van der Waals surface area contributed by atoms with Gasteiger partial charge in [0.15, 0.2) is 0 Å². The fraction of sp³-hybridized carbons (Fsp3) is 0.250. The lowest BCUT2D eigenvalue weighted by atomic mass is 10.2. The first-order chi connectivity index (χ1) is 10.3. The van der Waals surface area contributed by atoms with E-state index >= 15 is 0 Å². The summed E-state index contributed by atoms with van der Waals surface area (Å²) >= 11 is 0. The molecule has 1 heterocycles. The van der Waals surface area contributed by atoms with Crippen LogP contribution < -0.4 is 10.1 Å². The lowest BCUT2D eigenvalue weighted by Crippen LogP contribution is -2.12. The second kappa shape index (κ2) is 8.01. The molecule has 0 fully saturated rings. The van der Waals surface area contributed by atoms with Gasteiger partial charge >= 0.3 is 0 Å². The summed E-state index contributed by atoms with van der Waals surface area (Å²) in [7, 11) is 0. The third-order valence-electron chi connectivity index (χ3n) is 2.74. The molecule has 0 atom stereocenters. The van der Waals surface area contributed by atoms with Crippen molar-refractivity contribution in [1.82, 2.24) is 4.98 Å². The Balaban J connectivity index is 1.86. The van der Waals surface area contributed by atoms with E-state index in [9.17, 15) is 4.79 Å². The van der Waals surface area contributed by atoms with Gasteiger partial charge in [0.1, 0.15) is 12.4 Å². The van der Waals surface area contributed by atoms with E-state index in [-0.39, 0.29) is 5.91 Å². The van der Waals surface area contributed by atoms with Gasteiger partial charge in [0, 0.05) is 24.7 Å². The minimum Gasteiger partial charge on any atom is -0.491 e. The van der Waals surface area contributed by atoms with Crippen molar-refractivity contribution < 1.29 is 14.3 Å². The molecule has 5 heteroatoms. The number of rotatable bonds is 7. The largest absolute Gasteiger partial charge is 0.491 e. The van der Waals surface area contributed by atoms with Crippen LogP contribution in [0.1, 0.15) is 17.3 Å². The van der Waals surface area contributed by atoms with Crippen molar-refractivity contribution in [3.05, 3.63) is 54.4 Å². The Morgan fingerprint density at radius 1 is 1.19 bits per heavy atom. The molecular weight excluding hydrogens is 268 g/mol. The lowest BCUT2D eigenvalue weighted by molar-refractivity contribution is 0.102. The van der Waals surface area contributed by atoms with Gasteiger partial charge in [-0.2, -0.15) is 0 Å². The number of hydrogen-bond acceptors (Lipinski definition) is 4. The Labute approximate surface area is 123 Å². The van der Waals surface area contributed by atoms with Crippen molar-refractivity contribution in [2.24, 2.45) is 0 Å². The molecule has 0 saturated heterocycles. The standard InChI is InChI=1S/C16H18N2O3/c1-2-20-10-11-21-15-7-5-14(6-8-15)18-16(19)13-4-3-9-17-12-13/h3-9,12H,2,10-11H2,1H3,(H,18,19). The molecule has 1 aromatic heterocycles. The van der Waals surface area contributed by atoms with Crippen LogP contribution in [0.4, 0.5) is 5.69 Å². The highest BCUT2D eigenvalue weighted by molar-refractivity contribution is 6.04. The summed E-state index contributed by atoms with van der Waals surface area (Å²) in [6.45, 7) is 3.70. The maximum Gasteiger partial charge on any atom is 0.257 e. The highest BCUT2D eigenvalue weighted by atomic mass is 16.5. The summed E-state index contributed by atoms with van der Waals surface area (Å²) in [6.07, 6.45) is 3.16. The number of pyridine rings is 1. The van der Waals surface area contributed by atoms with Gasteiger partial charge < -0.3 is 14.8 Å². The van der Waals surface area contributed by atoms with Crippen LogP contribution in [-0.4, -0.2) is 30.7 Å². The average molecular weight is 286 g/mol. The molecule has 2 aromatic rings. The molecule has 5 nitrogen and oxygen atoms in total. The fourth-order valence-electron chi connectivity index (χ4n) is 1.70. The van der Waals surface area contributed by atoms with E-state index in [0.29, 0.717) is 31.1 Å². The van der Waals surface area contributed by atoms with Gasteiger partial charge in [-0.05, 0) is 43.3 Å². The number of amides is 1. The van der Waals surface area contributed by atoms with Gasteiger partial charge in [-0.15, -0.1) is 0 Å². The number of carbonyl (C=O) groups is 1. The molecule has 1 N–H and O–H groups in total. The maximum absolute atomic E-state index is 11.9. The second-order valence-corrected chi connectivity index (χ2v) is 4.27. The van der Waals surface area contributed by atoms with Gasteiger partial charge in [-0.1, -0.05) is 0 Å². The molecule has 110 valence electrons. The van der Waals surface area contributed by atoms with Crippen LogP contribution in [-0.2, 0) is 4.74 Å². The number of nitrogens with one attached hydrogen (secondary N) is 1. The predicted molar refractivity (Wildman–Crippen MR) is 80.6 cm³/mol. The predicted octanol–water partition coefficient (Wildman–Crippen LogP) is 2.75. The summed E-state index contributed by atoms with van der Waals surface area (Å²) in [5.74, 6) is 0.558. The lowest BCUT2D eigenvalue weighted by Gasteiger charge is -2.08. The minimum atomic E-state index is -0.187. The van der Waals surface area contributed by atoms with Crippen molar-refractivity contribution in [2.75, 3.05) is 25.1 Å². The number of benzene rings is 1. The van der Waals surface area contributed by atoms with Crippen LogP contribution in [0.25, 0.3) is 0 Å². The molecule has 1 amide bonds. The van der Waals surface area contributed by atoms with E-state index in [1.165, 1.54) is 6.20 Å². The Kier molecular flexibility index (Phi) is 5.72. The maximum atomic E-state index is 11.9. The molecule has 0 unspecified atom stereocenters. The summed E-state index contributed by atoms with van der Waals surface area (Å²) in [4.78, 5) is 15.9. The fourth-order valence-corrected chi connectivity index (χ4v) is 1.70. The molecular formula is C16H18N2O3. The third-order valence-corrected chi connectivity index (χ3v) is 2.74. The first-order valence-corrected chi connectivity index (χ1v) is 6.81. The van der Waals surface area contributed by atoms with E-state index < -0.39 is 0 Å². The van der Waals surface area contributed by atoms with E-state index in [4.69, 9.17) is 9.47 Å². The Morgan fingerprint density at radius 3 is 2.67 bits per heavy atom. The highest BCUT2D eigenvalue weighted by Gasteiger charge is 2.05. The highest BCUT2D eigenvalue weighted by Crippen LogP contribution is 2.16. The van der Waals surface area contributed by atoms with Crippen LogP contribution in [0, 0.1) is 0 Å². The Morgan fingerprint density at radius 2 is 2.00 bits per heavy atom. The van der Waals surface area contributed by atoms with Crippen LogP contribution in [0.5, 0.6) is 5.75 Å². The Bertz CT molecular complexity index is 555. The van der Waals surface area contributed by atoms with Crippen molar-refractivity contribution in [3.8, 4) is 5.75 Å². The van der Waals surface area contributed by atoms with Gasteiger partial charge in [0.2, 0.25) is 0 Å². The number of ether oxygens (including phenoxy) is 2. The normalized spacial score (nSPS) is 10.1. The molecule has 0 bridgehead atoms. The quantitative estimate of drug-likeness (QED) is 0.795. The van der Waals surface area contributed by atoms with Gasteiger partial charge in [0.05, 0.1) is 12.2 Å². The molecule has 0 aliphatic carbocycles. The molecule has 1 aromatic carbocycles. The SMILES string of the molecule is CCOCCOc1ccc(NC(=O)c2cccnc2)cc1. The molecule has 21 heavy (non-hydrogen) atoms. The molecule has 0 radical (unpaired) electrons. The van der Waals surface area contributed by atoms with Crippen LogP contribution >= 0.6 is 0 Å². The zero-order valence-electron chi connectivity index (χ0n) is 11.9. The molecule has 0 spiro atoms. The van der Waals surface area contributed by atoms with Gasteiger partial charge in [-0.25, -0.2) is 0 Å². The van der Waals surface area contributed by atoms with Crippen molar-refractivity contribution in [1.29, 1.82) is 0 Å². The minimum absolute atomic E-state index is 0.187. The number of anilines is 1. The van der Waals surface area contributed by atoms with Crippen molar-refractivity contribution in [2.45, 2.75) is 6.92 Å². The number of nitrogens with zero attached hydrogens (tertiary/aromatic N) is 1. The topological polar surface area (TPSA) is 60.5 Å². The van der Waals surface area contributed by atoms with Crippen molar-refractivity contribution in [3.63, 3.8) is 0 Å². The molecule has 0 aliphatic rings. The summed E-state index contributed by atoms with van der Waals surface area (Å²) in [6, 6.07) is 10.7. The van der Waals surface area contributed by atoms with E-state index in [2.05, 4.69) is 10.3 Å².